The molecule has 72 valence electrons. The quantitative estimate of drug-likeness (QED) is 0.917. The van der Waals surface area contributed by atoms with Crippen LogP contribution < -0.4 is 4.72 Å². The third-order valence-electron chi connectivity index (χ3n) is 1.21. The van der Waals surface area contributed by atoms with Gasteiger partial charge in [-0.1, -0.05) is 28.6 Å². The third kappa shape index (κ3) is 3.22. The van der Waals surface area contributed by atoms with Crippen LogP contribution in [0.4, 0.5) is 0 Å². The van der Waals surface area contributed by atoms with Crippen molar-refractivity contribution in [3.63, 3.8) is 0 Å². The Hall–Kier alpha value is -0.170. The molecule has 1 aromatic heterocycles. The minimum atomic E-state index is -3.33. The molecule has 0 aliphatic carbocycles. The van der Waals surface area contributed by atoms with Crippen molar-refractivity contribution in [2.24, 2.45) is 0 Å². The van der Waals surface area contributed by atoms with Crippen LogP contribution in [0.1, 0.15) is 0 Å². The highest BCUT2D eigenvalue weighted by molar-refractivity contribution is 9.11. The molecule has 0 bridgehead atoms. The zero-order chi connectivity index (χ0) is 9.90. The van der Waals surface area contributed by atoms with Crippen molar-refractivity contribution in [2.45, 2.75) is 4.21 Å². The van der Waals surface area contributed by atoms with Crippen LogP contribution in [0.3, 0.4) is 0 Å². The van der Waals surface area contributed by atoms with Gasteiger partial charge in [-0.15, -0.1) is 11.3 Å². The van der Waals surface area contributed by atoms with Crippen LogP contribution in [0, 0.1) is 0 Å². The van der Waals surface area contributed by atoms with E-state index in [1.165, 1.54) is 11.3 Å². The standard InChI is InChI=1S/C7H8BrNO2S2/c1-6(8)5-9-13(10,11)7-3-2-4-12-7/h2-4,9H,1,5H2. The van der Waals surface area contributed by atoms with Gasteiger partial charge < -0.3 is 0 Å². The summed E-state index contributed by atoms with van der Waals surface area (Å²) in [6.07, 6.45) is 0. The average Bonchev–Trinajstić information content (AvgIpc) is 2.53. The summed E-state index contributed by atoms with van der Waals surface area (Å²) in [6, 6.07) is 3.26. The van der Waals surface area contributed by atoms with Crippen molar-refractivity contribution in [2.75, 3.05) is 6.54 Å². The molecule has 3 nitrogen and oxygen atoms in total. The Balaban J connectivity index is 2.74. The molecule has 13 heavy (non-hydrogen) atoms. The Morgan fingerprint density at radius 2 is 2.38 bits per heavy atom. The van der Waals surface area contributed by atoms with Crippen LogP contribution >= 0.6 is 27.3 Å². The Labute approximate surface area is 89.7 Å². The maximum absolute atomic E-state index is 11.4. The summed E-state index contributed by atoms with van der Waals surface area (Å²) in [6.45, 7) is 3.74. The summed E-state index contributed by atoms with van der Waals surface area (Å²) >= 11 is 4.26. The van der Waals surface area contributed by atoms with E-state index in [-0.39, 0.29) is 6.54 Å². The SMILES string of the molecule is C=C(Br)CNS(=O)(=O)c1cccs1. The topological polar surface area (TPSA) is 46.2 Å². The highest BCUT2D eigenvalue weighted by Gasteiger charge is 2.13. The molecule has 0 aliphatic rings. The Kier molecular flexibility index (Phi) is 3.66. The van der Waals surface area contributed by atoms with Crippen molar-refractivity contribution >= 4 is 37.3 Å². The van der Waals surface area contributed by atoms with Crippen LogP contribution in [-0.2, 0) is 10.0 Å². The van der Waals surface area contributed by atoms with Gasteiger partial charge in [0.2, 0.25) is 10.0 Å². The summed E-state index contributed by atoms with van der Waals surface area (Å²) in [7, 11) is -3.33. The number of thiophene rings is 1. The van der Waals surface area contributed by atoms with Gasteiger partial charge in [-0.3, -0.25) is 0 Å². The zero-order valence-electron chi connectivity index (χ0n) is 6.66. The molecular weight excluding hydrogens is 274 g/mol. The fourth-order valence-corrected chi connectivity index (χ4v) is 3.05. The largest absolute Gasteiger partial charge is 0.250 e. The lowest BCUT2D eigenvalue weighted by Crippen LogP contribution is -2.23. The second kappa shape index (κ2) is 4.36. The van der Waals surface area contributed by atoms with E-state index in [9.17, 15) is 8.42 Å². The number of halogens is 1. The van der Waals surface area contributed by atoms with E-state index in [1.54, 1.807) is 17.5 Å². The molecule has 1 aromatic rings. The Morgan fingerprint density at radius 1 is 1.69 bits per heavy atom. The van der Waals surface area contributed by atoms with Gasteiger partial charge >= 0.3 is 0 Å². The van der Waals surface area contributed by atoms with Crippen LogP contribution in [0.15, 0.2) is 32.8 Å². The van der Waals surface area contributed by atoms with Crippen LogP contribution in [-0.4, -0.2) is 15.0 Å². The highest BCUT2D eigenvalue weighted by atomic mass is 79.9. The predicted molar refractivity (Wildman–Crippen MR) is 57.6 cm³/mol. The fraction of sp³-hybridized carbons (Fsp3) is 0.143. The van der Waals surface area contributed by atoms with Gasteiger partial charge in [-0.2, -0.15) is 0 Å². The fourth-order valence-electron chi connectivity index (χ4n) is 0.661. The first-order valence-electron chi connectivity index (χ1n) is 3.39. The van der Waals surface area contributed by atoms with Crippen LogP contribution in [0.5, 0.6) is 0 Å². The lowest BCUT2D eigenvalue weighted by atomic mass is 10.7. The summed E-state index contributed by atoms with van der Waals surface area (Å²) in [5.41, 5.74) is 0. The van der Waals surface area contributed by atoms with Crippen molar-refractivity contribution < 1.29 is 8.42 Å². The average molecular weight is 282 g/mol. The lowest BCUT2D eigenvalue weighted by molar-refractivity contribution is 0.587. The molecule has 1 rings (SSSR count). The number of sulfonamides is 1. The summed E-state index contributed by atoms with van der Waals surface area (Å²) in [5, 5.41) is 1.72. The third-order valence-corrected chi connectivity index (χ3v) is 4.29. The summed E-state index contributed by atoms with van der Waals surface area (Å²) in [4.78, 5) is 0. The summed E-state index contributed by atoms with van der Waals surface area (Å²) in [5.74, 6) is 0. The van der Waals surface area contributed by atoms with E-state index in [0.717, 1.165) is 0 Å². The van der Waals surface area contributed by atoms with Crippen molar-refractivity contribution in [1.82, 2.24) is 4.72 Å². The molecule has 1 heterocycles. The van der Waals surface area contributed by atoms with Crippen LogP contribution in [0.2, 0.25) is 0 Å². The number of rotatable bonds is 4. The van der Waals surface area contributed by atoms with E-state index in [2.05, 4.69) is 27.2 Å². The number of nitrogens with one attached hydrogen (secondary N) is 1. The van der Waals surface area contributed by atoms with Crippen molar-refractivity contribution in [3.05, 3.63) is 28.6 Å². The van der Waals surface area contributed by atoms with Gasteiger partial charge in [-0.25, -0.2) is 13.1 Å². The molecule has 0 atom stereocenters. The van der Waals surface area contributed by atoms with E-state index >= 15 is 0 Å². The predicted octanol–water partition coefficient (Wildman–Crippen LogP) is 1.93. The van der Waals surface area contributed by atoms with Gasteiger partial charge in [0.1, 0.15) is 4.21 Å². The monoisotopic (exact) mass is 281 g/mol. The number of hydrogen-bond donors (Lipinski definition) is 1. The lowest BCUT2D eigenvalue weighted by Gasteiger charge is -2.02. The molecule has 6 heteroatoms. The molecule has 0 unspecified atom stereocenters. The second-order valence-corrected chi connectivity index (χ2v) is 6.34. The first-order chi connectivity index (χ1) is 6.02. The molecular formula is C7H8BrNO2S2. The van der Waals surface area contributed by atoms with Gasteiger partial charge in [0.15, 0.2) is 0 Å². The molecule has 0 aromatic carbocycles. The normalized spacial score (nSPS) is 11.5. The molecule has 0 saturated carbocycles. The Morgan fingerprint density at radius 3 is 2.85 bits per heavy atom. The first-order valence-corrected chi connectivity index (χ1v) is 6.54. The first kappa shape index (κ1) is 10.9. The highest BCUT2D eigenvalue weighted by Crippen LogP contribution is 2.15. The van der Waals surface area contributed by atoms with Gasteiger partial charge in [0, 0.05) is 11.0 Å². The van der Waals surface area contributed by atoms with E-state index < -0.39 is 10.0 Å². The number of hydrogen-bond acceptors (Lipinski definition) is 3. The van der Waals surface area contributed by atoms with E-state index in [0.29, 0.717) is 8.69 Å². The second-order valence-electron chi connectivity index (χ2n) is 2.27. The van der Waals surface area contributed by atoms with Gasteiger partial charge in [0.05, 0.1) is 0 Å². The molecule has 0 fully saturated rings. The zero-order valence-corrected chi connectivity index (χ0v) is 9.88. The maximum Gasteiger partial charge on any atom is 0.250 e. The minimum absolute atomic E-state index is 0.209. The smallest absolute Gasteiger partial charge is 0.206 e. The maximum atomic E-state index is 11.4. The molecule has 0 spiro atoms. The van der Waals surface area contributed by atoms with E-state index in [1.807, 2.05) is 0 Å². The molecule has 1 N–H and O–H groups in total. The van der Waals surface area contributed by atoms with Crippen LogP contribution in [0.25, 0.3) is 0 Å². The summed E-state index contributed by atoms with van der Waals surface area (Å²) < 4.78 is 26.2. The molecule has 0 aliphatic heterocycles. The molecule has 0 radical (unpaired) electrons. The van der Waals surface area contributed by atoms with E-state index in [4.69, 9.17) is 0 Å². The minimum Gasteiger partial charge on any atom is -0.206 e. The molecule has 0 saturated heterocycles. The van der Waals surface area contributed by atoms with Gasteiger partial charge in [-0.05, 0) is 11.4 Å². The van der Waals surface area contributed by atoms with Crippen molar-refractivity contribution in [1.29, 1.82) is 0 Å². The Bertz CT molecular complexity index is 383. The molecule has 0 amide bonds. The van der Waals surface area contributed by atoms with Gasteiger partial charge in [0.25, 0.3) is 0 Å². The van der Waals surface area contributed by atoms with Crippen molar-refractivity contribution in [3.8, 4) is 0 Å².